The van der Waals surface area contributed by atoms with E-state index in [2.05, 4.69) is 15.7 Å². The lowest BCUT2D eigenvalue weighted by molar-refractivity contribution is -0.120. The molecule has 9 heteroatoms. The Morgan fingerprint density at radius 1 is 0.949 bits per heavy atom. The van der Waals surface area contributed by atoms with Gasteiger partial charge in [0, 0.05) is 23.4 Å². The Kier molecular flexibility index (Phi) is 8.16. The highest BCUT2D eigenvalue weighted by atomic mass is 32.1. The molecule has 0 aliphatic heterocycles. The first-order chi connectivity index (χ1) is 19.0. The van der Waals surface area contributed by atoms with E-state index in [9.17, 15) is 9.59 Å². The first-order valence-corrected chi connectivity index (χ1v) is 14.4. The summed E-state index contributed by atoms with van der Waals surface area (Å²) in [6, 6.07) is 15.2. The van der Waals surface area contributed by atoms with Gasteiger partial charge in [0.05, 0.1) is 40.8 Å². The first-order valence-electron chi connectivity index (χ1n) is 13.6. The van der Waals surface area contributed by atoms with Crippen molar-refractivity contribution in [3.05, 3.63) is 59.1 Å². The molecule has 0 bridgehead atoms. The van der Waals surface area contributed by atoms with Gasteiger partial charge in [0.2, 0.25) is 5.91 Å². The molecule has 5 rings (SSSR count). The molecule has 0 unspecified atom stereocenters. The number of fused-ring (bicyclic) bond motifs is 1. The number of aryl methyl sites for hydroxylation is 1. The molecule has 1 aliphatic carbocycles. The number of anilines is 2. The molecule has 39 heavy (non-hydrogen) atoms. The Morgan fingerprint density at radius 2 is 1.59 bits per heavy atom. The number of benzene rings is 2. The smallest absolute Gasteiger partial charge is 0.265 e. The Balaban J connectivity index is 1.43. The third-order valence-electron chi connectivity index (χ3n) is 6.93. The van der Waals surface area contributed by atoms with E-state index >= 15 is 0 Å². The fraction of sp³-hybridized carbons (Fsp3) is 0.367. The number of amides is 2. The van der Waals surface area contributed by atoms with Gasteiger partial charge in [0.15, 0.2) is 0 Å². The molecule has 0 spiro atoms. The molecule has 2 heterocycles. The standard InChI is InChI=1S/C30H34N4O4S/c1-4-37-25-18-24(26(38-5-2)17-23(25)31-28(35)20-12-8-6-9-13-20)32-29(36)27-16-22-19(3)33-34(30(22)39-27)21-14-10-7-11-15-21/h7,10-11,14-18,20H,4-6,8-9,12-13H2,1-3H3,(H,31,35)(H,32,36). The van der Waals surface area contributed by atoms with Crippen molar-refractivity contribution < 1.29 is 19.1 Å². The molecule has 1 aliphatic rings. The van der Waals surface area contributed by atoms with Crippen LogP contribution >= 0.6 is 11.3 Å². The van der Waals surface area contributed by atoms with Gasteiger partial charge in [-0.3, -0.25) is 9.59 Å². The second-order valence-corrected chi connectivity index (χ2v) is 10.7. The van der Waals surface area contributed by atoms with Crippen LogP contribution < -0.4 is 20.1 Å². The Labute approximate surface area is 232 Å². The zero-order chi connectivity index (χ0) is 27.4. The van der Waals surface area contributed by atoms with Crippen molar-refractivity contribution in [3.8, 4) is 17.2 Å². The summed E-state index contributed by atoms with van der Waals surface area (Å²) < 4.78 is 13.6. The molecule has 204 valence electrons. The number of para-hydroxylation sites is 1. The largest absolute Gasteiger partial charge is 0.492 e. The van der Waals surface area contributed by atoms with Crippen LogP contribution in [0.1, 0.15) is 61.3 Å². The van der Waals surface area contributed by atoms with Crippen LogP contribution in [-0.2, 0) is 4.79 Å². The summed E-state index contributed by atoms with van der Waals surface area (Å²) in [5.41, 5.74) is 2.83. The van der Waals surface area contributed by atoms with Gasteiger partial charge in [0.25, 0.3) is 5.91 Å². The third kappa shape index (κ3) is 5.78. The van der Waals surface area contributed by atoms with Crippen LogP contribution in [0.2, 0.25) is 0 Å². The molecular weight excluding hydrogens is 512 g/mol. The van der Waals surface area contributed by atoms with Gasteiger partial charge in [-0.15, -0.1) is 11.3 Å². The topological polar surface area (TPSA) is 94.5 Å². The lowest BCUT2D eigenvalue weighted by Crippen LogP contribution is -2.25. The fourth-order valence-electron chi connectivity index (χ4n) is 4.99. The third-order valence-corrected chi connectivity index (χ3v) is 8.04. The summed E-state index contributed by atoms with van der Waals surface area (Å²) in [5, 5.41) is 11.7. The van der Waals surface area contributed by atoms with Crippen LogP contribution in [0.25, 0.3) is 15.9 Å². The molecule has 0 radical (unpaired) electrons. The quantitative estimate of drug-likeness (QED) is 0.237. The number of carbonyl (C=O) groups is 2. The number of hydrogen-bond acceptors (Lipinski definition) is 6. The highest BCUT2D eigenvalue weighted by Gasteiger charge is 2.24. The van der Waals surface area contributed by atoms with E-state index in [4.69, 9.17) is 9.47 Å². The van der Waals surface area contributed by atoms with Crippen molar-refractivity contribution in [2.24, 2.45) is 5.92 Å². The molecular formula is C30H34N4O4S. The minimum Gasteiger partial charge on any atom is -0.492 e. The number of hydrogen-bond donors (Lipinski definition) is 2. The number of nitrogens with zero attached hydrogens (tertiary/aromatic N) is 2. The van der Waals surface area contributed by atoms with Crippen molar-refractivity contribution in [1.82, 2.24) is 9.78 Å². The van der Waals surface area contributed by atoms with Crippen LogP contribution in [0.4, 0.5) is 11.4 Å². The predicted octanol–water partition coefficient (Wildman–Crippen LogP) is 6.96. The van der Waals surface area contributed by atoms with Gasteiger partial charge >= 0.3 is 0 Å². The van der Waals surface area contributed by atoms with Crippen LogP contribution in [0, 0.1) is 12.8 Å². The molecule has 2 aromatic carbocycles. The number of ether oxygens (including phenoxy) is 2. The van der Waals surface area contributed by atoms with Gasteiger partial charge in [-0.25, -0.2) is 4.68 Å². The molecule has 1 fully saturated rings. The van der Waals surface area contributed by atoms with Crippen molar-refractivity contribution in [1.29, 1.82) is 0 Å². The minimum absolute atomic E-state index is 0.00277. The van der Waals surface area contributed by atoms with Crippen molar-refractivity contribution in [2.75, 3.05) is 23.8 Å². The monoisotopic (exact) mass is 546 g/mol. The Hall–Kier alpha value is -3.85. The van der Waals surface area contributed by atoms with E-state index in [-0.39, 0.29) is 17.7 Å². The van der Waals surface area contributed by atoms with Crippen molar-refractivity contribution >= 4 is 44.7 Å². The van der Waals surface area contributed by atoms with Crippen LogP contribution in [0.5, 0.6) is 11.5 Å². The number of aromatic nitrogens is 2. The zero-order valence-electron chi connectivity index (χ0n) is 22.6. The van der Waals surface area contributed by atoms with E-state index in [0.29, 0.717) is 41.0 Å². The Bertz CT molecular complexity index is 1470. The number of nitrogens with one attached hydrogen (secondary N) is 2. The molecule has 2 aromatic heterocycles. The zero-order valence-corrected chi connectivity index (χ0v) is 23.4. The summed E-state index contributed by atoms with van der Waals surface area (Å²) in [4.78, 5) is 27.9. The maximum atomic E-state index is 13.4. The summed E-state index contributed by atoms with van der Waals surface area (Å²) in [5.74, 6) is 0.722. The van der Waals surface area contributed by atoms with Crippen molar-refractivity contribution in [2.45, 2.75) is 52.9 Å². The lowest BCUT2D eigenvalue weighted by Gasteiger charge is -2.22. The molecule has 2 amide bonds. The summed E-state index contributed by atoms with van der Waals surface area (Å²) >= 11 is 1.39. The summed E-state index contributed by atoms with van der Waals surface area (Å²) in [7, 11) is 0. The van der Waals surface area contributed by atoms with E-state index < -0.39 is 0 Å². The maximum Gasteiger partial charge on any atom is 0.265 e. The second kappa shape index (κ2) is 11.9. The minimum atomic E-state index is -0.252. The normalized spacial score (nSPS) is 13.8. The van der Waals surface area contributed by atoms with Gasteiger partial charge in [-0.05, 0) is 51.8 Å². The first kappa shape index (κ1) is 26.7. The molecule has 4 aromatic rings. The predicted molar refractivity (Wildman–Crippen MR) is 156 cm³/mol. The van der Waals surface area contributed by atoms with E-state index in [1.165, 1.54) is 17.8 Å². The molecule has 8 nitrogen and oxygen atoms in total. The average Bonchev–Trinajstić information content (AvgIpc) is 3.52. The second-order valence-electron chi connectivity index (χ2n) is 9.65. The lowest BCUT2D eigenvalue weighted by atomic mass is 9.88. The summed E-state index contributed by atoms with van der Waals surface area (Å²) in [6.07, 6.45) is 5.14. The molecule has 0 atom stereocenters. The van der Waals surface area contributed by atoms with E-state index in [1.54, 1.807) is 12.1 Å². The highest BCUT2D eigenvalue weighted by Crippen LogP contribution is 2.39. The molecule has 1 saturated carbocycles. The Morgan fingerprint density at radius 3 is 2.23 bits per heavy atom. The number of carbonyl (C=O) groups excluding carboxylic acids is 2. The van der Waals surface area contributed by atoms with Crippen LogP contribution in [-0.4, -0.2) is 34.8 Å². The average molecular weight is 547 g/mol. The van der Waals surface area contributed by atoms with Crippen LogP contribution in [0.3, 0.4) is 0 Å². The molecule has 2 N–H and O–H groups in total. The van der Waals surface area contributed by atoms with Gasteiger partial charge in [-0.2, -0.15) is 5.10 Å². The maximum absolute atomic E-state index is 13.4. The number of thiophene rings is 1. The number of rotatable bonds is 9. The SMILES string of the molecule is CCOc1cc(NC(=O)C2CCCCC2)c(OCC)cc1NC(=O)c1cc2c(C)nn(-c3ccccc3)c2s1. The summed E-state index contributed by atoms with van der Waals surface area (Å²) in [6.45, 7) is 6.53. The highest BCUT2D eigenvalue weighted by molar-refractivity contribution is 7.20. The molecule has 0 saturated heterocycles. The van der Waals surface area contributed by atoms with E-state index in [0.717, 1.165) is 47.3 Å². The van der Waals surface area contributed by atoms with Gasteiger partial charge < -0.3 is 20.1 Å². The van der Waals surface area contributed by atoms with Crippen molar-refractivity contribution in [3.63, 3.8) is 0 Å². The van der Waals surface area contributed by atoms with Crippen LogP contribution in [0.15, 0.2) is 48.5 Å². The fourth-order valence-corrected chi connectivity index (χ4v) is 6.07. The van der Waals surface area contributed by atoms with Gasteiger partial charge in [-0.1, -0.05) is 37.5 Å². The van der Waals surface area contributed by atoms with E-state index in [1.807, 2.05) is 61.9 Å². The van der Waals surface area contributed by atoms with Gasteiger partial charge in [0.1, 0.15) is 16.3 Å².